The van der Waals surface area contributed by atoms with Gasteiger partial charge < -0.3 is 4.74 Å². The molecule has 0 heterocycles. The van der Waals surface area contributed by atoms with Crippen LogP contribution in [0.2, 0.25) is 0 Å². The number of rotatable bonds is 10. The Bertz CT molecular complexity index is 955. The number of halogens is 8. The standard InChI is InChI=1S/C27H30F8O/c1-2-3-4-5-6-17-7-9-18(10-8-17)20-15-22(28)24(23(29)16-20)19-11-13-21(14-12-19)36-27(34,35)25(30)26(31,32)33/h11-18,25H,2-10H2,1H3. The third kappa shape index (κ3) is 7.13. The van der Waals surface area contributed by atoms with Crippen LogP contribution in [0.5, 0.6) is 5.75 Å². The first kappa shape index (κ1) is 28.3. The molecule has 0 bridgehead atoms. The molecule has 1 fully saturated rings. The second kappa shape index (κ2) is 11.8. The van der Waals surface area contributed by atoms with Crippen LogP contribution in [-0.4, -0.2) is 18.5 Å². The predicted octanol–water partition coefficient (Wildman–Crippen LogP) is 9.75. The highest BCUT2D eigenvalue weighted by Crippen LogP contribution is 2.40. The molecule has 0 spiro atoms. The molecule has 0 amide bonds. The topological polar surface area (TPSA) is 9.23 Å². The molecule has 0 saturated heterocycles. The molecule has 0 aliphatic heterocycles. The van der Waals surface area contributed by atoms with Crippen molar-refractivity contribution in [1.29, 1.82) is 0 Å². The van der Waals surface area contributed by atoms with Crippen LogP contribution in [-0.2, 0) is 0 Å². The van der Waals surface area contributed by atoms with Crippen LogP contribution < -0.4 is 4.74 Å². The fourth-order valence-electron chi connectivity index (χ4n) is 4.84. The lowest BCUT2D eigenvalue weighted by Crippen LogP contribution is -2.45. The molecule has 0 aromatic heterocycles. The van der Waals surface area contributed by atoms with Gasteiger partial charge in [-0.05, 0) is 72.9 Å². The number of benzene rings is 2. The summed E-state index contributed by atoms with van der Waals surface area (Å²) in [6, 6.07) is 6.22. The lowest BCUT2D eigenvalue weighted by Gasteiger charge is -2.29. The molecule has 200 valence electrons. The van der Waals surface area contributed by atoms with Crippen molar-refractivity contribution >= 4 is 0 Å². The predicted molar refractivity (Wildman–Crippen MR) is 122 cm³/mol. The molecule has 1 aliphatic rings. The van der Waals surface area contributed by atoms with E-state index in [4.69, 9.17) is 0 Å². The van der Waals surface area contributed by atoms with Gasteiger partial charge >= 0.3 is 12.3 Å². The zero-order valence-corrected chi connectivity index (χ0v) is 20.0. The summed E-state index contributed by atoms with van der Waals surface area (Å²) < 4.78 is 110. The number of alkyl halides is 6. The minimum absolute atomic E-state index is 0.0179. The van der Waals surface area contributed by atoms with Crippen LogP contribution >= 0.6 is 0 Å². The van der Waals surface area contributed by atoms with Gasteiger partial charge in [0.25, 0.3) is 6.17 Å². The van der Waals surface area contributed by atoms with Crippen molar-refractivity contribution < 1.29 is 39.9 Å². The van der Waals surface area contributed by atoms with E-state index in [1.165, 1.54) is 44.2 Å². The largest absolute Gasteiger partial charge is 0.439 e. The summed E-state index contributed by atoms with van der Waals surface area (Å²) in [5.41, 5.74) is 0.162. The second-order valence-corrected chi connectivity index (χ2v) is 9.52. The third-order valence-electron chi connectivity index (χ3n) is 6.83. The number of ether oxygens (including phenoxy) is 1. The Kier molecular flexibility index (Phi) is 9.28. The maximum atomic E-state index is 14.9. The summed E-state index contributed by atoms with van der Waals surface area (Å²) in [6.45, 7) is 2.17. The molecule has 3 rings (SSSR count). The summed E-state index contributed by atoms with van der Waals surface area (Å²) in [5.74, 6) is -1.74. The monoisotopic (exact) mass is 522 g/mol. The molecule has 2 aromatic carbocycles. The van der Waals surface area contributed by atoms with E-state index in [2.05, 4.69) is 11.7 Å². The average molecular weight is 523 g/mol. The van der Waals surface area contributed by atoms with E-state index >= 15 is 0 Å². The Morgan fingerprint density at radius 1 is 0.861 bits per heavy atom. The van der Waals surface area contributed by atoms with Crippen molar-refractivity contribution in [3.63, 3.8) is 0 Å². The van der Waals surface area contributed by atoms with Crippen molar-refractivity contribution in [2.45, 2.75) is 89.1 Å². The minimum atomic E-state index is -5.81. The van der Waals surface area contributed by atoms with Crippen LogP contribution in [0.1, 0.15) is 76.2 Å². The number of hydrogen-bond donors (Lipinski definition) is 0. The molecule has 0 N–H and O–H groups in total. The average Bonchev–Trinajstić information content (AvgIpc) is 2.81. The van der Waals surface area contributed by atoms with E-state index in [9.17, 15) is 35.1 Å². The Balaban J connectivity index is 1.66. The number of unbranched alkanes of at least 4 members (excludes halogenated alkanes) is 3. The molecule has 1 unspecified atom stereocenters. The van der Waals surface area contributed by atoms with Gasteiger partial charge in [-0.1, -0.05) is 51.2 Å². The highest BCUT2D eigenvalue weighted by Gasteiger charge is 2.59. The lowest BCUT2D eigenvalue weighted by atomic mass is 9.76. The van der Waals surface area contributed by atoms with E-state index in [0.717, 1.165) is 49.9 Å². The van der Waals surface area contributed by atoms with Gasteiger partial charge in [0.1, 0.15) is 17.4 Å². The fourth-order valence-corrected chi connectivity index (χ4v) is 4.84. The molecular formula is C27H30F8O. The summed E-state index contributed by atoms with van der Waals surface area (Å²) in [6.07, 6.45) is -5.72. The van der Waals surface area contributed by atoms with E-state index in [0.29, 0.717) is 11.5 Å². The molecule has 9 heteroatoms. The summed E-state index contributed by atoms with van der Waals surface area (Å²) in [4.78, 5) is 0. The van der Waals surface area contributed by atoms with Crippen LogP contribution in [0.15, 0.2) is 36.4 Å². The minimum Gasteiger partial charge on any atom is -0.430 e. The molecular weight excluding hydrogens is 492 g/mol. The lowest BCUT2D eigenvalue weighted by molar-refractivity contribution is -0.304. The van der Waals surface area contributed by atoms with Crippen molar-refractivity contribution in [3.8, 4) is 16.9 Å². The Hall–Kier alpha value is -2.32. The van der Waals surface area contributed by atoms with Gasteiger partial charge in [0.2, 0.25) is 0 Å². The van der Waals surface area contributed by atoms with E-state index in [-0.39, 0.29) is 17.0 Å². The van der Waals surface area contributed by atoms with Crippen LogP contribution in [0.4, 0.5) is 35.1 Å². The maximum absolute atomic E-state index is 14.9. The summed E-state index contributed by atoms with van der Waals surface area (Å²) in [7, 11) is 0. The van der Waals surface area contributed by atoms with Crippen LogP contribution in [0.3, 0.4) is 0 Å². The van der Waals surface area contributed by atoms with Gasteiger partial charge in [-0.25, -0.2) is 13.2 Å². The SMILES string of the molecule is CCCCCCC1CCC(c2cc(F)c(-c3ccc(OC(F)(F)C(F)C(F)(F)F)cc3)c(F)c2)CC1. The van der Waals surface area contributed by atoms with Gasteiger partial charge in [0, 0.05) is 0 Å². The smallest absolute Gasteiger partial charge is 0.430 e. The first-order valence-corrected chi connectivity index (χ1v) is 12.3. The van der Waals surface area contributed by atoms with Gasteiger partial charge in [-0.2, -0.15) is 22.0 Å². The van der Waals surface area contributed by atoms with Crippen LogP contribution in [0, 0.1) is 17.6 Å². The first-order chi connectivity index (χ1) is 16.9. The fraction of sp³-hybridized carbons (Fsp3) is 0.556. The van der Waals surface area contributed by atoms with Crippen LogP contribution in [0.25, 0.3) is 11.1 Å². The normalized spacial score (nSPS) is 19.8. The highest BCUT2D eigenvalue weighted by atomic mass is 19.4. The van der Waals surface area contributed by atoms with Crippen molar-refractivity contribution in [2.24, 2.45) is 5.92 Å². The van der Waals surface area contributed by atoms with Crippen molar-refractivity contribution in [1.82, 2.24) is 0 Å². The highest BCUT2D eigenvalue weighted by molar-refractivity contribution is 5.66. The molecule has 1 atom stereocenters. The molecule has 1 saturated carbocycles. The van der Waals surface area contributed by atoms with Gasteiger partial charge in [0.05, 0.1) is 5.56 Å². The molecule has 1 nitrogen and oxygen atoms in total. The first-order valence-electron chi connectivity index (χ1n) is 12.3. The zero-order chi connectivity index (χ0) is 26.5. The summed E-state index contributed by atoms with van der Waals surface area (Å²) >= 11 is 0. The van der Waals surface area contributed by atoms with E-state index in [1.807, 2.05) is 0 Å². The third-order valence-corrected chi connectivity index (χ3v) is 6.83. The quantitative estimate of drug-likeness (QED) is 0.223. The van der Waals surface area contributed by atoms with Gasteiger partial charge in [-0.3, -0.25) is 0 Å². The van der Waals surface area contributed by atoms with Gasteiger partial charge in [0.15, 0.2) is 0 Å². The second-order valence-electron chi connectivity index (χ2n) is 9.52. The number of hydrogen-bond acceptors (Lipinski definition) is 1. The van der Waals surface area contributed by atoms with E-state index in [1.54, 1.807) is 0 Å². The molecule has 36 heavy (non-hydrogen) atoms. The molecule has 2 aromatic rings. The van der Waals surface area contributed by atoms with Crippen molar-refractivity contribution in [3.05, 3.63) is 53.6 Å². The Labute approximate surface area is 205 Å². The zero-order valence-electron chi connectivity index (χ0n) is 20.0. The molecule has 0 radical (unpaired) electrons. The molecule has 1 aliphatic carbocycles. The Morgan fingerprint density at radius 2 is 1.44 bits per heavy atom. The summed E-state index contributed by atoms with van der Waals surface area (Å²) in [5, 5.41) is 0. The van der Waals surface area contributed by atoms with E-state index < -0.39 is 35.8 Å². The van der Waals surface area contributed by atoms with Crippen molar-refractivity contribution in [2.75, 3.05) is 0 Å². The van der Waals surface area contributed by atoms with Gasteiger partial charge in [-0.15, -0.1) is 0 Å². The maximum Gasteiger partial charge on any atom is 0.439 e. The Morgan fingerprint density at radius 3 is 1.97 bits per heavy atom.